The molecule has 0 unspecified atom stereocenters. The van der Waals surface area contributed by atoms with Crippen LogP contribution >= 0.6 is 0 Å². The monoisotopic (exact) mass is 560 g/mol. The number of ether oxygens (including phenoxy) is 1. The Morgan fingerprint density at radius 1 is 0.868 bits per heavy atom. The van der Waals surface area contributed by atoms with Crippen LogP contribution in [0.25, 0.3) is 0 Å². The highest BCUT2D eigenvalue weighted by Crippen LogP contribution is 2.37. The Labute approximate surface area is 214 Å². The van der Waals surface area contributed by atoms with Gasteiger partial charge in [-0.2, -0.15) is 30.6 Å². The third-order valence-electron chi connectivity index (χ3n) is 5.38. The fourth-order valence-electron chi connectivity index (χ4n) is 3.47. The first kappa shape index (κ1) is 29.0. The molecule has 0 fully saturated rings. The minimum absolute atomic E-state index is 0.0735. The normalized spacial score (nSPS) is 12.4. The fourth-order valence-corrected chi connectivity index (χ4v) is 4.86. The maximum absolute atomic E-state index is 13.3. The van der Waals surface area contributed by atoms with Crippen molar-refractivity contribution in [2.75, 3.05) is 25.5 Å². The quantitative estimate of drug-likeness (QED) is 0.346. The number of carbonyl (C=O) groups excluding carboxylic acids is 1. The predicted molar refractivity (Wildman–Crippen MR) is 127 cm³/mol. The average Bonchev–Trinajstić information content (AvgIpc) is 2.85. The van der Waals surface area contributed by atoms with Crippen LogP contribution in [0.4, 0.5) is 32.0 Å². The van der Waals surface area contributed by atoms with E-state index in [1.54, 1.807) is 30.3 Å². The zero-order chi connectivity index (χ0) is 28.1. The molecule has 3 aromatic rings. The summed E-state index contributed by atoms with van der Waals surface area (Å²) in [5.74, 6) is -0.745. The smallest absolute Gasteiger partial charge is 0.416 e. The number of hydrogen-bond acceptors (Lipinski definition) is 4. The van der Waals surface area contributed by atoms with E-state index in [2.05, 4.69) is 0 Å². The Morgan fingerprint density at radius 3 is 1.92 bits per heavy atom. The van der Waals surface area contributed by atoms with Gasteiger partial charge in [0, 0.05) is 12.2 Å². The minimum Gasteiger partial charge on any atom is -0.497 e. The lowest BCUT2D eigenvalue weighted by Crippen LogP contribution is -2.39. The SMILES string of the molecule is COc1ccc(S(=O)(=O)N(CCc2ccccc2)CC(=O)Nc2cc(C(F)(F)F)cc(C(F)(F)F)c2)cc1. The van der Waals surface area contributed by atoms with Crippen molar-refractivity contribution in [3.05, 3.63) is 89.5 Å². The number of halogens is 6. The number of nitrogens with one attached hydrogen (secondary N) is 1. The van der Waals surface area contributed by atoms with Crippen LogP contribution in [0.5, 0.6) is 5.75 Å². The summed E-state index contributed by atoms with van der Waals surface area (Å²) in [4.78, 5) is 12.6. The van der Waals surface area contributed by atoms with Gasteiger partial charge in [-0.1, -0.05) is 30.3 Å². The zero-order valence-electron chi connectivity index (χ0n) is 19.8. The number of benzene rings is 3. The molecule has 0 aromatic heterocycles. The number of hydrogen-bond donors (Lipinski definition) is 1. The largest absolute Gasteiger partial charge is 0.497 e. The molecular formula is C25H22F6N2O4S. The van der Waals surface area contributed by atoms with Crippen molar-refractivity contribution in [1.29, 1.82) is 0 Å². The molecule has 38 heavy (non-hydrogen) atoms. The van der Waals surface area contributed by atoms with Crippen molar-refractivity contribution in [3.8, 4) is 5.75 Å². The third-order valence-corrected chi connectivity index (χ3v) is 7.24. The molecule has 6 nitrogen and oxygen atoms in total. The molecule has 0 aliphatic rings. The molecule has 0 aliphatic heterocycles. The lowest BCUT2D eigenvalue weighted by Gasteiger charge is -2.22. The number of methoxy groups -OCH3 is 1. The van der Waals surface area contributed by atoms with Crippen molar-refractivity contribution < 1.29 is 44.3 Å². The molecule has 13 heteroatoms. The second-order valence-electron chi connectivity index (χ2n) is 8.09. The van der Waals surface area contributed by atoms with Crippen molar-refractivity contribution in [2.45, 2.75) is 23.7 Å². The van der Waals surface area contributed by atoms with E-state index in [9.17, 15) is 39.6 Å². The van der Waals surface area contributed by atoms with Gasteiger partial charge in [-0.05, 0) is 54.4 Å². The van der Waals surface area contributed by atoms with E-state index >= 15 is 0 Å². The van der Waals surface area contributed by atoms with Gasteiger partial charge in [0.05, 0.1) is 29.7 Å². The Balaban J connectivity index is 1.90. The molecule has 204 valence electrons. The standard InChI is InChI=1S/C25H22F6N2O4S/c1-37-21-7-9-22(10-8-21)38(35,36)33(12-11-17-5-3-2-4-6-17)16-23(34)32-20-14-18(24(26,27)28)13-19(15-20)25(29,30)31/h2-10,13-15H,11-12,16H2,1H3,(H,32,34). The van der Waals surface area contributed by atoms with Gasteiger partial charge in [-0.25, -0.2) is 8.42 Å². The number of nitrogens with zero attached hydrogens (tertiary/aromatic N) is 1. The number of alkyl halides is 6. The van der Waals surface area contributed by atoms with Crippen molar-refractivity contribution in [3.63, 3.8) is 0 Å². The molecule has 1 N–H and O–H groups in total. The summed E-state index contributed by atoms with van der Waals surface area (Å²) >= 11 is 0. The Bertz CT molecular complexity index is 1330. The summed E-state index contributed by atoms with van der Waals surface area (Å²) in [5, 5.41) is 1.97. The number of rotatable bonds is 9. The van der Waals surface area contributed by atoms with E-state index < -0.39 is 51.6 Å². The maximum atomic E-state index is 13.3. The molecule has 0 bridgehead atoms. The van der Waals surface area contributed by atoms with E-state index in [4.69, 9.17) is 4.74 Å². The van der Waals surface area contributed by atoms with E-state index in [-0.39, 0.29) is 23.9 Å². The van der Waals surface area contributed by atoms with Crippen molar-refractivity contribution >= 4 is 21.6 Å². The highest BCUT2D eigenvalue weighted by atomic mass is 32.2. The molecular weight excluding hydrogens is 538 g/mol. The molecule has 1 amide bonds. The zero-order valence-corrected chi connectivity index (χ0v) is 20.6. The highest BCUT2D eigenvalue weighted by Gasteiger charge is 2.37. The van der Waals surface area contributed by atoms with E-state index in [0.29, 0.717) is 17.9 Å². The lowest BCUT2D eigenvalue weighted by molar-refractivity contribution is -0.143. The summed E-state index contributed by atoms with van der Waals surface area (Å²) < 4.78 is 111. The molecule has 0 atom stereocenters. The van der Waals surface area contributed by atoms with Crippen LogP contribution in [0.15, 0.2) is 77.7 Å². The van der Waals surface area contributed by atoms with Crippen LogP contribution in [0.2, 0.25) is 0 Å². The van der Waals surface area contributed by atoms with E-state index in [1.165, 1.54) is 31.4 Å². The van der Waals surface area contributed by atoms with Crippen LogP contribution in [-0.4, -0.2) is 38.8 Å². The van der Waals surface area contributed by atoms with Crippen molar-refractivity contribution in [1.82, 2.24) is 4.31 Å². The van der Waals surface area contributed by atoms with Crippen LogP contribution in [-0.2, 0) is 33.6 Å². The number of amides is 1. The average molecular weight is 561 g/mol. The molecule has 0 radical (unpaired) electrons. The van der Waals surface area contributed by atoms with Gasteiger partial charge in [0.2, 0.25) is 15.9 Å². The third kappa shape index (κ3) is 7.48. The summed E-state index contributed by atoms with van der Waals surface area (Å²) in [7, 11) is -2.90. The van der Waals surface area contributed by atoms with E-state index in [1.807, 2.05) is 5.32 Å². The first-order valence-corrected chi connectivity index (χ1v) is 12.4. The van der Waals surface area contributed by atoms with Gasteiger partial charge in [0.15, 0.2) is 0 Å². The Morgan fingerprint density at radius 2 is 1.42 bits per heavy atom. The maximum Gasteiger partial charge on any atom is 0.416 e. The summed E-state index contributed by atoms with van der Waals surface area (Å²) in [6.45, 7) is -1.05. The second kappa shape index (κ2) is 11.4. The second-order valence-corrected chi connectivity index (χ2v) is 10.0. The molecule has 0 aliphatic carbocycles. The van der Waals surface area contributed by atoms with Gasteiger partial charge >= 0.3 is 12.4 Å². The number of carbonyl (C=O) groups is 1. The molecule has 3 aromatic carbocycles. The summed E-state index contributed by atoms with van der Waals surface area (Å²) in [5.41, 5.74) is -3.26. The van der Waals surface area contributed by atoms with Crippen LogP contribution in [0.3, 0.4) is 0 Å². The van der Waals surface area contributed by atoms with Crippen LogP contribution in [0.1, 0.15) is 16.7 Å². The molecule has 0 heterocycles. The predicted octanol–water partition coefficient (Wildman–Crippen LogP) is 5.60. The summed E-state index contributed by atoms with van der Waals surface area (Å²) in [6, 6.07) is 14.6. The Kier molecular flexibility index (Phi) is 8.72. The van der Waals surface area contributed by atoms with Crippen LogP contribution < -0.4 is 10.1 Å². The highest BCUT2D eigenvalue weighted by molar-refractivity contribution is 7.89. The molecule has 0 spiro atoms. The molecule has 0 saturated heterocycles. The van der Waals surface area contributed by atoms with Gasteiger partial charge in [0.25, 0.3) is 0 Å². The van der Waals surface area contributed by atoms with Crippen molar-refractivity contribution in [2.24, 2.45) is 0 Å². The first-order valence-electron chi connectivity index (χ1n) is 11.0. The summed E-state index contributed by atoms with van der Waals surface area (Å²) in [6.07, 6.45) is -10.0. The van der Waals surface area contributed by atoms with Crippen LogP contribution in [0, 0.1) is 0 Å². The fraction of sp³-hybridized carbons (Fsp3) is 0.240. The van der Waals surface area contributed by atoms with Gasteiger partial charge in [-0.15, -0.1) is 0 Å². The van der Waals surface area contributed by atoms with E-state index in [0.717, 1.165) is 9.87 Å². The Hall–Kier alpha value is -3.58. The van der Waals surface area contributed by atoms with Gasteiger partial charge in [0.1, 0.15) is 5.75 Å². The molecule has 0 saturated carbocycles. The number of anilines is 1. The lowest BCUT2D eigenvalue weighted by atomic mass is 10.1. The topological polar surface area (TPSA) is 75.7 Å². The van der Waals surface area contributed by atoms with Gasteiger partial charge in [-0.3, -0.25) is 4.79 Å². The molecule has 3 rings (SSSR count). The van der Waals surface area contributed by atoms with Gasteiger partial charge < -0.3 is 10.1 Å². The minimum atomic E-state index is -5.11. The number of sulfonamides is 1. The first-order chi connectivity index (χ1) is 17.7.